The Hall–Kier alpha value is -2.06. The lowest BCUT2D eigenvalue weighted by molar-refractivity contribution is -0.0165. The molecule has 1 atom stereocenters. The third-order valence-corrected chi connectivity index (χ3v) is 4.36. The minimum atomic E-state index is -0.381. The molecule has 0 unspecified atom stereocenters. The Labute approximate surface area is 118 Å². The minimum Gasteiger partial charge on any atom is -0.364 e. The van der Waals surface area contributed by atoms with Crippen LogP contribution in [0, 0.1) is 0 Å². The van der Waals surface area contributed by atoms with E-state index in [0.717, 1.165) is 13.0 Å². The summed E-state index contributed by atoms with van der Waals surface area (Å²) in [4.78, 5) is 3.58. The van der Waals surface area contributed by atoms with Gasteiger partial charge in [0, 0.05) is 10.9 Å². The van der Waals surface area contributed by atoms with E-state index in [-0.39, 0.29) is 5.60 Å². The fourth-order valence-corrected chi connectivity index (χ4v) is 3.28. The van der Waals surface area contributed by atoms with Gasteiger partial charge < -0.3 is 9.72 Å². The summed E-state index contributed by atoms with van der Waals surface area (Å²) in [6.07, 6.45) is 0.974. The van der Waals surface area contributed by atoms with Crippen molar-refractivity contribution in [3.63, 3.8) is 0 Å². The van der Waals surface area contributed by atoms with Crippen LogP contribution in [0.25, 0.3) is 10.9 Å². The van der Waals surface area contributed by atoms with Crippen LogP contribution >= 0.6 is 0 Å². The second kappa shape index (κ2) is 4.22. The zero-order chi connectivity index (χ0) is 13.6. The number of rotatable bonds is 1. The van der Waals surface area contributed by atoms with Crippen LogP contribution in [0.15, 0.2) is 54.6 Å². The molecule has 0 radical (unpaired) electrons. The number of fused-ring (bicyclic) bond motifs is 3. The molecule has 2 nitrogen and oxygen atoms in total. The first kappa shape index (κ1) is 11.7. The van der Waals surface area contributed by atoms with Gasteiger partial charge in [0.15, 0.2) is 0 Å². The molecule has 2 aromatic carbocycles. The number of aromatic amines is 1. The molecule has 100 valence electrons. The molecule has 0 spiro atoms. The normalized spacial score (nSPS) is 21.9. The largest absolute Gasteiger partial charge is 0.364 e. The molecule has 0 saturated carbocycles. The standard InChI is InChI=1S/C18H17NO/c1-18(13-7-3-2-4-8-13)17-15(11-12-20-18)14-9-5-6-10-16(14)19-17/h2-10,19H,11-12H2,1H3/t18-/m1/s1. The van der Waals surface area contributed by atoms with E-state index in [1.54, 1.807) is 0 Å². The molecule has 2 heteroatoms. The summed E-state index contributed by atoms with van der Waals surface area (Å²) < 4.78 is 6.18. The predicted octanol–water partition coefficient (Wildman–Crippen LogP) is 4.00. The van der Waals surface area contributed by atoms with Crippen LogP contribution in [0.2, 0.25) is 0 Å². The van der Waals surface area contributed by atoms with E-state index in [0.29, 0.717) is 0 Å². The van der Waals surface area contributed by atoms with Crippen molar-refractivity contribution in [1.29, 1.82) is 0 Å². The third kappa shape index (κ3) is 1.55. The van der Waals surface area contributed by atoms with E-state index in [9.17, 15) is 0 Å². The van der Waals surface area contributed by atoms with E-state index in [4.69, 9.17) is 4.74 Å². The van der Waals surface area contributed by atoms with E-state index < -0.39 is 0 Å². The van der Waals surface area contributed by atoms with Crippen LogP contribution in [0.1, 0.15) is 23.7 Å². The zero-order valence-electron chi connectivity index (χ0n) is 11.5. The number of benzene rings is 2. The van der Waals surface area contributed by atoms with E-state index in [2.05, 4.69) is 60.4 Å². The molecular formula is C18H17NO. The highest BCUT2D eigenvalue weighted by atomic mass is 16.5. The highest BCUT2D eigenvalue weighted by molar-refractivity contribution is 5.85. The number of hydrogen-bond acceptors (Lipinski definition) is 1. The van der Waals surface area contributed by atoms with Gasteiger partial charge in [-0.25, -0.2) is 0 Å². The summed E-state index contributed by atoms with van der Waals surface area (Å²) in [5.41, 5.74) is 4.63. The number of nitrogens with one attached hydrogen (secondary N) is 1. The first-order valence-electron chi connectivity index (χ1n) is 7.08. The van der Waals surface area contributed by atoms with Gasteiger partial charge >= 0.3 is 0 Å². The van der Waals surface area contributed by atoms with Crippen molar-refractivity contribution in [2.75, 3.05) is 6.61 Å². The Morgan fingerprint density at radius 2 is 1.75 bits per heavy atom. The molecule has 3 aromatic rings. The molecule has 0 aliphatic carbocycles. The lowest BCUT2D eigenvalue weighted by atomic mass is 9.87. The molecule has 2 heterocycles. The van der Waals surface area contributed by atoms with Gasteiger partial charge in [0.1, 0.15) is 5.60 Å². The lowest BCUT2D eigenvalue weighted by Crippen LogP contribution is -2.33. The Balaban J connectivity index is 1.99. The van der Waals surface area contributed by atoms with Crippen molar-refractivity contribution in [3.05, 3.63) is 71.4 Å². The van der Waals surface area contributed by atoms with Gasteiger partial charge in [-0.1, -0.05) is 48.5 Å². The topological polar surface area (TPSA) is 25.0 Å². The smallest absolute Gasteiger partial charge is 0.130 e. The highest BCUT2D eigenvalue weighted by Crippen LogP contribution is 2.40. The van der Waals surface area contributed by atoms with Gasteiger partial charge in [0.25, 0.3) is 0 Å². The molecule has 1 N–H and O–H groups in total. The maximum absolute atomic E-state index is 6.18. The quantitative estimate of drug-likeness (QED) is 0.705. The van der Waals surface area contributed by atoms with E-state index in [1.807, 2.05) is 6.07 Å². The average molecular weight is 263 g/mol. The van der Waals surface area contributed by atoms with E-state index in [1.165, 1.54) is 27.7 Å². The molecule has 4 rings (SSSR count). The first-order chi connectivity index (χ1) is 9.79. The molecule has 0 saturated heterocycles. The Morgan fingerprint density at radius 3 is 2.60 bits per heavy atom. The molecule has 1 aromatic heterocycles. The number of H-pyrrole nitrogens is 1. The summed E-state index contributed by atoms with van der Waals surface area (Å²) >= 11 is 0. The van der Waals surface area contributed by atoms with Crippen LogP contribution in [-0.4, -0.2) is 11.6 Å². The van der Waals surface area contributed by atoms with Crippen LogP contribution in [-0.2, 0) is 16.8 Å². The number of aromatic nitrogens is 1. The van der Waals surface area contributed by atoms with Gasteiger partial charge in [-0.15, -0.1) is 0 Å². The Morgan fingerprint density at radius 1 is 1.00 bits per heavy atom. The van der Waals surface area contributed by atoms with Crippen molar-refractivity contribution in [2.45, 2.75) is 18.9 Å². The molecule has 1 aliphatic heterocycles. The van der Waals surface area contributed by atoms with Gasteiger partial charge in [0.05, 0.1) is 12.3 Å². The van der Waals surface area contributed by atoms with Crippen LogP contribution in [0.4, 0.5) is 0 Å². The van der Waals surface area contributed by atoms with Crippen LogP contribution in [0.5, 0.6) is 0 Å². The van der Waals surface area contributed by atoms with Crippen molar-refractivity contribution < 1.29 is 4.74 Å². The summed E-state index contributed by atoms with van der Waals surface area (Å²) in [6.45, 7) is 2.93. The number of ether oxygens (including phenoxy) is 1. The molecular weight excluding hydrogens is 246 g/mol. The van der Waals surface area contributed by atoms with E-state index >= 15 is 0 Å². The van der Waals surface area contributed by atoms with Gasteiger partial charge in [-0.2, -0.15) is 0 Å². The van der Waals surface area contributed by atoms with Crippen molar-refractivity contribution >= 4 is 10.9 Å². The molecule has 0 fully saturated rings. The predicted molar refractivity (Wildman–Crippen MR) is 80.9 cm³/mol. The molecule has 1 aliphatic rings. The second-order valence-corrected chi connectivity index (χ2v) is 5.52. The monoisotopic (exact) mass is 263 g/mol. The average Bonchev–Trinajstić information content (AvgIpc) is 2.89. The Bertz CT molecular complexity index is 759. The van der Waals surface area contributed by atoms with Gasteiger partial charge in [-0.05, 0) is 30.5 Å². The maximum Gasteiger partial charge on any atom is 0.130 e. The Kier molecular flexibility index (Phi) is 2.48. The molecule has 0 bridgehead atoms. The third-order valence-electron chi connectivity index (χ3n) is 4.36. The van der Waals surface area contributed by atoms with Crippen molar-refractivity contribution in [2.24, 2.45) is 0 Å². The molecule has 20 heavy (non-hydrogen) atoms. The number of hydrogen-bond donors (Lipinski definition) is 1. The SMILES string of the molecule is C[C@]1(c2ccccc2)OCCc2c1[nH]c1ccccc21. The minimum absolute atomic E-state index is 0.381. The van der Waals surface area contributed by atoms with Crippen molar-refractivity contribution in [1.82, 2.24) is 4.98 Å². The maximum atomic E-state index is 6.18. The fraction of sp³-hybridized carbons (Fsp3) is 0.222. The molecule has 0 amide bonds. The van der Waals surface area contributed by atoms with Gasteiger partial charge in [-0.3, -0.25) is 0 Å². The zero-order valence-corrected chi connectivity index (χ0v) is 11.5. The van der Waals surface area contributed by atoms with Crippen LogP contribution in [0.3, 0.4) is 0 Å². The lowest BCUT2D eigenvalue weighted by Gasteiger charge is -2.34. The highest BCUT2D eigenvalue weighted by Gasteiger charge is 2.37. The summed E-state index contributed by atoms with van der Waals surface area (Å²) in [6, 6.07) is 19.0. The first-order valence-corrected chi connectivity index (χ1v) is 7.08. The number of para-hydroxylation sites is 1. The summed E-state index contributed by atoms with van der Waals surface area (Å²) in [5, 5.41) is 1.33. The van der Waals surface area contributed by atoms with Crippen molar-refractivity contribution in [3.8, 4) is 0 Å². The van der Waals surface area contributed by atoms with Gasteiger partial charge in [0.2, 0.25) is 0 Å². The second-order valence-electron chi connectivity index (χ2n) is 5.52. The van der Waals surface area contributed by atoms with Crippen LogP contribution < -0.4 is 0 Å². The fourth-order valence-electron chi connectivity index (χ4n) is 3.28. The summed E-state index contributed by atoms with van der Waals surface area (Å²) in [7, 11) is 0. The summed E-state index contributed by atoms with van der Waals surface area (Å²) in [5.74, 6) is 0.